The summed E-state index contributed by atoms with van der Waals surface area (Å²) in [4.78, 5) is 37.0. The lowest BCUT2D eigenvalue weighted by Gasteiger charge is -2.13. The smallest absolute Gasteiger partial charge is 0.331 e. The van der Waals surface area contributed by atoms with Crippen molar-refractivity contribution in [3.8, 4) is 5.75 Å². The Labute approximate surface area is 147 Å². The van der Waals surface area contributed by atoms with Crippen molar-refractivity contribution in [3.63, 3.8) is 0 Å². The van der Waals surface area contributed by atoms with Gasteiger partial charge in [0.15, 0.2) is 0 Å². The van der Waals surface area contributed by atoms with E-state index < -0.39 is 5.69 Å². The number of ether oxygens (including phenoxy) is 1. The fourth-order valence-corrected chi connectivity index (χ4v) is 3.47. The number of hydrogen-bond donors (Lipinski definition) is 1. The number of thiophene rings is 1. The van der Waals surface area contributed by atoms with Crippen LogP contribution in [0.2, 0.25) is 0 Å². The molecule has 0 spiro atoms. The van der Waals surface area contributed by atoms with E-state index >= 15 is 0 Å². The second-order valence-corrected chi connectivity index (χ2v) is 6.54. The third-order valence-corrected chi connectivity index (χ3v) is 4.77. The van der Waals surface area contributed by atoms with Crippen LogP contribution in [-0.4, -0.2) is 22.2 Å². The van der Waals surface area contributed by atoms with Crippen molar-refractivity contribution < 1.29 is 9.53 Å². The first-order chi connectivity index (χ1) is 11.9. The average molecular weight is 359 g/mol. The van der Waals surface area contributed by atoms with Crippen LogP contribution in [0.1, 0.15) is 5.56 Å². The van der Waals surface area contributed by atoms with E-state index in [0.29, 0.717) is 21.7 Å². The van der Waals surface area contributed by atoms with Gasteiger partial charge in [0, 0.05) is 7.05 Å². The molecule has 0 unspecified atom stereocenters. The normalized spacial score (nSPS) is 10.8. The number of benzene rings is 1. The fourth-order valence-electron chi connectivity index (χ4n) is 2.60. The number of nitrogens with one attached hydrogen (secondary N) is 1. The molecular weight excluding hydrogens is 342 g/mol. The molecule has 0 radical (unpaired) electrons. The SMILES string of the molecule is COc1ccc(C)cc1NC(=O)Cn1c(=O)n(C)c(=O)c2sccc21. The van der Waals surface area contributed by atoms with Crippen molar-refractivity contribution in [1.29, 1.82) is 0 Å². The van der Waals surface area contributed by atoms with Gasteiger partial charge >= 0.3 is 5.69 Å². The largest absolute Gasteiger partial charge is 0.495 e. The van der Waals surface area contributed by atoms with Gasteiger partial charge < -0.3 is 10.1 Å². The Morgan fingerprint density at radius 3 is 2.76 bits per heavy atom. The van der Waals surface area contributed by atoms with E-state index in [9.17, 15) is 14.4 Å². The zero-order valence-corrected chi connectivity index (χ0v) is 14.8. The maximum absolute atomic E-state index is 12.5. The van der Waals surface area contributed by atoms with E-state index in [0.717, 1.165) is 10.1 Å². The molecule has 0 saturated heterocycles. The lowest BCUT2D eigenvalue weighted by Crippen LogP contribution is -2.39. The minimum atomic E-state index is -0.526. The van der Waals surface area contributed by atoms with E-state index in [-0.39, 0.29) is 18.0 Å². The van der Waals surface area contributed by atoms with Gasteiger partial charge in [-0.1, -0.05) is 6.07 Å². The number of aryl methyl sites for hydroxylation is 1. The van der Waals surface area contributed by atoms with Crippen molar-refractivity contribution in [2.75, 3.05) is 12.4 Å². The summed E-state index contributed by atoms with van der Waals surface area (Å²) >= 11 is 1.25. The molecule has 1 N–H and O–H groups in total. The molecule has 0 saturated carbocycles. The van der Waals surface area contributed by atoms with E-state index in [4.69, 9.17) is 4.74 Å². The highest BCUT2D eigenvalue weighted by Crippen LogP contribution is 2.25. The zero-order valence-electron chi connectivity index (χ0n) is 14.0. The predicted molar refractivity (Wildman–Crippen MR) is 97.7 cm³/mol. The molecule has 0 aliphatic heterocycles. The number of amides is 1. The molecule has 3 rings (SSSR count). The molecule has 7 nitrogen and oxygen atoms in total. The van der Waals surface area contributed by atoms with E-state index in [1.807, 2.05) is 13.0 Å². The van der Waals surface area contributed by atoms with Gasteiger partial charge in [0.25, 0.3) is 5.56 Å². The van der Waals surface area contributed by atoms with Crippen LogP contribution in [0, 0.1) is 6.92 Å². The Kier molecular flexibility index (Phi) is 4.45. The van der Waals surface area contributed by atoms with Gasteiger partial charge in [-0.25, -0.2) is 4.79 Å². The topological polar surface area (TPSA) is 82.3 Å². The molecule has 0 aliphatic rings. The standard InChI is InChI=1S/C17H17N3O4S/c1-10-4-5-13(24-3)11(8-10)18-14(21)9-20-12-6-7-25-15(12)16(22)19(2)17(20)23/h4-8H,9H2,1-3H3,(H,18,21). The van der Waals surface area contributed by atoms with Crippen molar-refractivity contribution in [2.45, 2.75) is 13.5 Å². The maximum Gasteiger partial charge on any atom is 0.331 e. The Morgan fingerprint density at radius 1 is 1.28 bits per heavy atom. The number of rotatable bonds is 4. The number of carbonyl (C=O) groups excluding carboxylic acids is 1. The second kappa shape index (κ2) is 6.56. The molecule has 1 amide bonds. The minimum Gasteiger partial charge on any atom is -0.495 e. The van der Waals surface area contributed by atoms with Crippen molar-refractivity contribution in [2.24, 2.45) is 7.05 Å². The third-order valence-electron chi connectivity index (χ3n) is 3.88. The molecule has 8 heteroatoms. The van der Waals surface area contributed by atoms with Crippen LogP contribution in [0.4, 0.5) is 5.69 Å². The van der Waals surface area contributed by atoms with Crippen molar-refractivity contribution >= 4 is 33.1 Å². The second-order valence-electron chi connectivity index (χ2n) is 5.62. The number of carbonyl (C=O) groups is 1. The highest BCUT2D eigenvalue weighted by Gasteiger charge is 2.15. The van der Waals surface area contributed by atoms with Crippen LogP contribution in [0.15, 0.2) is 39.2 Å². The highest BCUT2D eigenvalue weighted by atomic mass is 32.1. The summed E-state index contributed by atoms with van der Waals surface area (Å²) in [6, 6.07) is 7.10. The first-order valence-corrected chi connectivity index (χ1v) is 8.42. The van der Waals surface area contributed by atoms with Gasteiger partial charge in [-0.3, -0.25) is 18.7 Å². The van der Waals surface area contributed by atoms with Gasteiger partial charge in [0.05, 0.1) is 18.3 Å². The molecule has 130 valence electrons. The molecule has 0 aliphatic carbocycles. The van der Waals surface area contributed by atoms with Crippen LogP contribution in [-0.2, 0) is 18.4 Å². The van der Waals surface area contributed by atoms with E-state index in [1.54, 1.807) is 23.6 Å². The van der Waals surface area contributed by atoms with Crippen molar-refractivity contribution in [1.82, 2.24) is 9.13 Å². The van der Waals surface area contributed by atoms with Crippen LogP contribution in [0.3, 0.4) is 0 Å². The number of fused-ring (bicyclic) bond motifs is 1. The molecule has 25 heavy (non-hydrogen) atoms. The number of anilines is 1. The molecule has 3 aromatic rings. The summed E-state index contributed by atoms with van der Waals surface area (Å²) < 4.78 is 8.00. The first kappa shape index (κ1) is 17.0. The van der Waals surface area contributed by atoms with Gasteiger partial charge in [0.1, 0.15) is 17.0 Å². The average Bonchev–Trinajstić information content (AvgIpc) is 3.06. The Morgan fingerprint density at radius 2 is 2.04 bits per heavy atom. The fraction of sp³-hybridized carbons (Fsp3) is 0.235. The number of aromatic nitrogens is 2. The summed E-state index contributed by atoms with van der Waals surface area (Å²) in [5.41, 5.74) is 1.08. The quantitative estimate of drug-likeness (QED) is 0.769. The van der Waals surface area contributed by atoms with Crippen LogP contribution in [0.25, 0.3) is 10.2 Å². The highest BCUT2D eigenvalue weighted by molar-refractivity contribution is 7.17. The van der Waals surface area contributed by atoms with Gasteiger partial charge in [-0.2, -0.15) is 0 Å². The number of methoxy groups -OCH3 is 1. The van der Waals surface area contributed by atoms with Crippen LogP contribution in [0.5, 0.6) is 5.75 Å². The van der Waals surface area contributed by atoms with E-state index in [1.165, 1.54) is 30.1 Å². The van der Waals surface area contributed by atoms with Gasteiger partial charge in [-0.15, -0.1) is 11.3 Å². The summed E-state index contributed by atoms with van der Waals surface area (Å²) in [6.45, 7) is 1.71. The summed E-state index contributed by atoms with van der Waals surface area (Å²) in [6.07, 6.45) is 0. The number of hydrogen-bond acceptors (Lipinski definition) is 5. The molecule has 1 aromatic carbocycles. The lowest BCUT2D eigenvalue weighted by molar-refractivity contribution is -0.116. The summed E-state index contributed by atoms with van der Waals surface area (Å²) in [5.74, 6) is 0.157. The molecule has 2 heterocycles. The van der Waals surface area contributed by atoms with Gasteiger partial charge in [0.2, 0.25) is 5.91 Å². The maximum atomic E-state index is 12.5. The van der Waals surface area contributed by atoms with Gasteiger partial charge in [-0.05, 0) is 36.1 Å². The monoisotopic (exact) mass is 359 g/mol. The Hall–Kier alpha value is -2.87. The summed E-state index contributed by atoms with van der Waals surface area (Å²) in [5, 5.41) is 4.49. The minimum absolute atomic E-state index is 0.197. The third kappa shape index (κ3) is 3.08. The van der Waals surface area contributed by atoms with Crippen LogP contribution >= 0.6 is 11.3 Å². The van der Waals surface area contributed by atoms with Crippen molar-refractivity contribution in [3.05, 3.63) is 56.0 Å². The predicted octanol–water partition coefficient (Wildman–Crippen LogP) is 1.72. The Balaban J connectivity index is 1.96. The molecule has 0 atom stereocenters. The molecular formula is C17H17N3O4S. The molecule has 0 fully saturated rings. The summed E-state index contributed by atoms with van der Waals surface area (Å²) in [7, 11) is 2.93. The Bertz CT molecular complexity index is 1080. The lowest BCUT2D eigenvalue weighted by atomic mass is 10.2. The number of nitrogens with zero attached hydrogens (tertiary/aromatic N) is 2. The molecule has 2 aromatic heterocycles. The van der Waals surface area contributed by atoms with E-state index in [2.05, 4.69) is 5.32 Å². The van der Waals surface area contributed by atoms with Crippen LogP contribution < -0.4 is 21.3 Å². The zero-order chi connectivity index (χ0) is 18.1. The first-order valence-electron chi connectivity index (χ1n) is 7.54. The molecule has 0 bridgehead atoms.